The zero-order chi connectivity index (χ0) is 20.1. The van der Waals surface area contributed by atoms with Crippen LogP contribution in [0.4, 0.5) is 13.2 Å². The molecule has 0 fully saturated rings. The number of aliphatic imine (C=N–C) groups is 1. The van der Waals surface area contributed by atoms with Gasteiger partial charge in [-0.2, -0.15) is 13.2 Å². The highest BCUT2D eigenvalue weighted by molar-refractivity contribution is 14.0. The topological polar surface area (TPSA) is 48.9 Å². The van der Waals surface area contributed by atoms with E-state index in [1.165, 1.54) is 11.9 Å². The molecule has 0 aliphatic heterocycles. The summed E-state index contributed by atoms with van der Waals surface area (Å²) in [5.41, 5.74) is 1.15. The second-order valence-electron chi connectivity index (χ2n) is 6.41. The number of nitrogens with one attached hydrogen (secondary N) is 2. The minimum absolute atomic E-state index is 0. The molecule has 0 bridgehead atoms. The predicted molar refractivity (Wildman–Crippen MR) is 118 cm³/mol. The zero-order valence-electron chi connectivity index (χ0n) is 16.8. The van der Waals surface area contributed by atoms with Crippen LogP contribution in [0.2, 0.25) is 0 Å². The van der Waals surface area contributed by atoms with Gasteiger partial charge in [-0.25, -0.2) is 0 Å². The van der Waals surface area contributed by atoms with Crippen LogP contribution in [-0.2, 0) is 4.74 Å². The second kappa shape index (κ2) is 14.9. The van der Waals surface area contributed by atoms with E-state index in [9.17, 15) is 13.2 Å². The summed E-state index contributed by atoms with van der Waals surface area (Å²) >= 11 is 0. The molecule has 1 aromatic rings. The number of rotatable bonds is 11. The number of halogens is 4. The lowest BCUT2D eigenvalue weighted by Gasteiger charge is -2.19. The molecule has 5 nitrogen and oxygen atoms in total. The number of hydrogen-bond donors (Lipinski definition) is 2. The molecule has 0 aromatic heterocycles. The van der Waals surface area contributed by atoms with Crippen molar-refractivity contribution in [1.29, 1.82) is 0 Å². The summed E-state index contributed by atoms with van der Waals surface area (Å²) in [5.74, 6) is 0.643. The second-order valence-corrected chi connectivity index (χ2v) is 6.41. The first kappa shape index (κ1) is 26.9. The SMILES string of the molecule is CN=C(NCCCOC(C)c1ccccc1)NCCCN(C)CC(F)(F)F.I. The number of guanidine groups is 1. The molecule has 1 rings (SSSR count). The van der Waals surface area contributed by atoms with Gasteiger partial charge in [0.25, 0.3) is 0 Å². The molecule has 0 aliphatic rings. The van der Waals surface area contributed by atoms with Crippen molar-refractivity contribution in [3.05, 3.63) is 35.9 Å². The van der Waals surface area contributed by atoms with Gasteiger partial charge in [0, 0.05) is 26.7 Å². The minimum Gasteiger partial charge on any atom is -0.374 e. The average Bonchev–Trinajstić information content (AvgIpc) is 2.62. The van der Waals surface area contributed by atoms with E-state index < -0.39 is 12.7 Å². The highest BCUT2D eigenvalue weighted by Crippen LogP contribution is 2.16. The van der Waals surface area contributed by atoms with Gasteiger partial charge in [0.15, 0.2) is 5.96 Å². The summed E-state index contributed by atoms with van der Waals surface area (Å²) in [4.78, 5) is 5.37. The lowest BCUT2D eigenvalue weighted by molar-refractivity contribution is -0.143. The third-order valence-electron chi connectivity index (χ3n) is 3.93. The maximum absolute atomic E-state index is 12.2. The molecule has 9 heteroatoms. The normalized spacial score (nSPS) is 13.2. The minimum atomic E-state index is -4.15. The largest absolute Gasteiger partial charge is 0.401 e. The number of hydrogen-bond acceptors (Lipinski definition) is 3. The third kappa shape index (κ3) is 13.2. The van der Waals surface area contributed by atoms with E-state index in [1.807, 2.05) is 37.3 Å². The van der Waals surface area contributed by atoms with Gasteiger partial charge in [-0.05, 0) is 38.9 Å². The first-order valence-corrected chi connectivity index (χ1v) is 9.18. The summed E-state index contributed by atoms with van der Waals surface area (Å²) < 4.78 is 42.6. The molecule has 1 atom stereocenters. The monoisotopic (exact) mass is 516 g/mol. The van der Waals surface area contributed by atoms with Gasteiger partial charge < -0.3 is 15.4 Å². The first-order chi connectivity index (χ1) is 12.8. The van der Waals surface area contributed by atoms with Crippen LogP contribution >= 0.6 is 24.0 Å². The van der Waals surface area contributed by atoms with E-state index in [0.717, 1.165) is 12.0 Å². The molecule has 2 N–H and O–H groups in total. The van der Waals surface area contributed by atoms with Crippen molar-refractivity contribution in [2.75, 3.05) is 46.9 Å². The molecule has 0 saturated heterocycles. The third-order valence-corrected chi connectivity index (χ3v) is 3.93. The number of benzene rings is 1. The molecule has 0 radical (unpaired) electrons. The van der Waals surface area contributed by atoms with Crippen LogP contribution in [0.1, 0.15) is 31.4 Å². The predicted octanol–water partition coefficient (Wildman–Crippen LogP) is 3.82. The highest BCUT2D eigenvalue weighted by atomic mass is 127. The molecule has 1 unspecified atom stereocenters. The summed E-state index contributed by atoms with van der Waals surface area (Å²) in [6.07, 6.45) is -2.67. The average molecular weight is 516 g/mol. The van der Waals surface area contributed by atoms with Gasteiger partial charge >= 0.3 is 6.18 Å². The van der Waals surface area contributed by atoms with Crippen molar-refractivity contribution in [3.8, 4) is 0 Å². The fraction of sp³-hybridized carbons (Fsp3) is 0.632. The van der Waals surface area contributed by atoms with Gasteiger partial charge in [0.2, 0.25) is 0 Å². The van der Waals surface area contributed by atoms with Crippen LogP contribution in [0, 0.1) is 0 Å². The summed E-state index contributed by atoms with van der Waals surface area (Å²) in [6.45, 7) is 3.40. The van der Waals surface area contributed by atoms with Crippen molar-refractivity contribution in [1.82, 2.24) is 15.5 Å². The Hall–Kier alpha value is -1.07. The Balaban J connectivity index is 0.00000729. The van der Waals surface area contributed by atoms with E-state index in [2.05, 4.69) is 15.6 Å². The van der Waals surface area contributed by atoms with Crippen molar-refractivity contribution in [2.24, 2.45) is 4.99 Å². The van der Waals surface area contributed by atoms with Crippen molar-refractivity contribution >= 4 is 29.9 Å². The fourth-order valence-electron chi connectivity index (χ4n) is 2.52. The van der Waals surface area contributed by atoms with E-state index >= 15 is 0 Å². The van der Waals surface area contributed by atoms with Crippen LogP contribution in [0.3, 0.4) is 0 Å². The molecule has 162 valence electrons. The van der Waals surface area contributed by atoms with Crippen LogP contribution in [0.15, 0.2) is 35.3 Å². The maximum Gasteiger partial charge on any atom is 0.401 e. The number of alkyl halides is 3. The van der Waals surface area contributed by atoms with Crippen molar-refractivity contribution in [3.63, 3.8) is 0 Å². The van der Waals surface area contributed by atoms with Crippen molar-refractivity contribution in [2.45, 2.75) is 32.0 Å². The van der Waals surface area contributed by atoms with Gasteiger partial charge in [-0.1, -0.05) is 30.3 Å². The molecule has 0 amide bonds. The van der Waals surface area contributed by atoms with E-state index in [1.54, 1.807) is 7.05 Å². The van der Waals surface area contributed by atoms with Crippen LogP contribution in [-0.4, -0.2) is 63.9 Å². The molecule has 0 spiro atoms. The summed E-state index contributed by atoms with van der Waals surface area (Å²) in [6, 6.07) is 10.1. The van der Waals surface area contributed by atoms with Gasteiger partial charge in [-0.3, -0.25) is 9.89 Å². The Bertz CT molecular complexity index is 544. The zero-order valence-corrected chi connectivity index (χ0v) is 19.1. The Morgan fingerprint density at radius 3 is 2.32 bits per heavy atom. The first-order valence-electron chi connectivity index (χ1n) is 9.18. The fourth-order valence-corrected chi connectivity index (χ4v) is 2.52. The maximum atomic E-state index is 12.2. The lowest BCUT2D eigenvalue weighted by atomic mass is 10.1. The van der Waals surface area contributed by atoms with Gasteiger partial charge in [0.1, 0.15) is 0 Å². The number of ether oxygens (including phenoxy) is 1. The summed E-state index contributed by atoms with van der Waals surface area (Å²) in [7, 11) is 3.14. The standard InChI is InChI=1S/C19H31F3N4O.HI/c1-16(17-9-5-4-6-10-17)27-14-8-12-25-18(23-2)24-11-7-13-26(3)15-19(20,21)22;/h4-6,9-10,16H,7-8,11-15H2,1-3H3,(H2,23,24,25);1H. The van der Waals surface area contributed by atoms with Gasteiger partial charge in [0.05, 0.1) is 12.6 Å². The van der Waals surface area contributed by atoms with Crippen LogP contribution < -0.4 is 10.6 Å². The molecule has 0 heterocycles. The Morgan fingerprint density at radius 2 is 1.75 bits per heavy atom. The van der Waals surface area contributed by atoms with Crippen molar-refractivity contribution < 1.29 is 17.9 Å². The highest BCUT2D eigenvalue weighted by Gasteiger charge is 2.28. The Kier molecular flexibility index (Phi) is 14.3. The molecule has 1 aromatic carbocycles. The van der Waals surface area contributed by atoms with E-state index in [4.69, 9.17) is 4.74 Å². The smallest absolute Gasteiger partial charge is 0.374 e. The van der Waals surface area contributed by atoms with Crippen LogP contribution in [0.25, 0.3) is 0 Å². The molecule has 28 heavy (non-hydrogen) atoms. The quantitative estimate of drug-likeness (QED) is 0.203. The molecule has 0 saturated carbocycles. The van der Waals surface area contributed by atoms with Crippen LogP contribution in [0.5, 0.6) is 0 Å². The molecule has 0 aliphatic carbocycles. The number of nitrogens with zero attached hydrogens (tertiary/aromatic N) is 2. The van der Waals surface area contributed by atoms with E-state index in [-0.39, 0.29) is 30.1 Å². The Labute approximate surface area is 183 Å². The summed E-state index contributed by atoms with van der Waals surface area (Å²) in [5, 5.41) is 6.28. The van der Waals surface area contributed by atoms with Gasteiger partial charge in [-0.15, -0.1) is 24.0 Å². The molecular formula is C19H32F3IN4O. The molecular weight excluding hydrogens is 484 g/mol. The lowest BCUT2D eigenvalue weighted by Crippen LogP contribution is -2.39. The van der Waals surface area contributed by atoms with E-state index in [0.29, 0.717) is 38.6 Å². The Morgan fingerprint density at radius 1 is 1.14 bits per heavy atom.